The molecule has 0 spiro atoms. The molecule has 6 heteroatoms. The van der Waals surface area contributed by atoms with Gasteiger partial charge in [-0.15, -0.1) is 0 Å². The molecule has 24 heavy (non-hydrogen) atoms. The zero-order valence-electron chi connectivity index (χ0n) is 14.2. The molecule has 1 aromatic carbocycles. The van der Waals surface area contributed by atoms with E-state index in [0.29, 0.717) is 11.6 Å². The zero-order chi connectivity index (χ0) is 17.3. The summed E-state index contributed by atoms with van der Waals surface area (Å²) in [4.78, 5) is 25.8. The van der Waals surface area contributed by atoms with Crippen LogP contribution in [0.15, 0.2) is 42.6 Å². The van der Waals surface area contributed by atoms with Gasteiger partial charge in [0.1, 0.15) is 0 Å². The average Bonchev–Trinajstić information content (AvgIpc) is 2.88. The fourth-order valence-electron chi connectivity index (χ4n) is 2.19. The van der Waals surface area contributed by atoms with Gasteiger partial charge in [0, 0.05) is 18.8 Å². The van der Waals surface area contributed by atoms with Crippen LogP contribution in [0.1, 0.15) is 20.8 Å². The van der Waals surface area contributed by atoms with Crippen molar-refractivity contribution in [2.75, 3.05) is 5.48 Å². The molecule has 0 aliphatic rings. The third kappa shape index (κ3) is 3.08. The maximum atomic E-state index is 11.9. The number of imidazole rings is 1. The normalized spacial score (nSPS) is 11.5. The van der Waals surface area contributed by atoms with Gasteiger partial charge in [0.05, 0.1) is 10.9 Å². The lowest BCUT2D eigenvalue weighted by Gasteiger charge is -2.16. The molecule has 2 heterocycles. The number of nitrogens with one attached hydrogen (secondary N) is 1. The summed E-state index contributed by atoms with van der Waals surface area (Å²) in [6.45, 7) is 5.37. The van der Waals surface area contributed by atoms with Crippen LogP contribution in [-0.2, 0) is 16.7 Å². The van der Waals surface area contributed by atoms with Crippen LogP contribution >= 0.6 is 0 Å². The molecule has 3 rings (SSSR count). The predicted octanol–water partition coefficient (Wildman–Crippen LogP) is 3.55. The van der Waals surface area contributed by atoms with Gasteiger partial charge in [-0.2, -0.15) is 10.5 Å². The first-order valence-corrected chi connectivity index (χ1v) is 7.71. The first kappa shape index (κ1) is 16.0. The Kier molecular flexibility index (Phi) is 3.97. The number of aryl methyl sites for hydroxylation is 1. The fourth-order valence-corrected chi connectivity index (χ4v) is 2.19. The maximum absolute atomic E-state index is 11.9. The molecule has 0 aliphatic heterocycles. The smallest absolute Gasteiger partial charge is 0.337 e. The van der Waals surface area contributed by atoms with E-state index in [1.807, 2.05) is 48.0 Å². The van der Waals surface area contributed by atoms with Gasteiger partial charge >= 0.3 is 5.97 Å². The Morgan fingerprint density at radius 2 is 1.88 bits per heavy atom. The highest BCUT2D eigenvalue weighted by molar-refractivity contribution is 5.81. The SMILES string of the molecule is Cn1c(NOC(=O)C(C)(C)C)nc2ncc(-c3ccccc3)cc21. The zero-order valence-corrected chi connectivity index (χ0v) is 14.2. The van der Waals surface area contributed by atoms with Crippen molar-refractivity contribution < 1.29 is 9.63 Å². The van der Waals surface area contributed by atoms with Crippen LogP contribution in [-0.4, -0.2) is 20.5 Å². The van der Waals surface area contributed by atoms with Gasteiger partial charge in [0.25, 0.3) is 0 Å². The second kappa shape index (κ2) is 5.96. The highest BCUT2D eigenvalue weighted by Gasteiger charge is 2.24. The van der Waals surface area contributed by atoms with Crippen LogP contribution in [0.2, 0.25) is 0 Å². The minimum absolute atomic E-state index is 0.354. The van der Waals surface area contributed by atoms with E-state index in [-0.39, 0.29) is 5.97 Å². The van der Waals surface area contributed by atoms with Crippen molar-refractivity contribution in [1.29, 1.82) is 0 Å². The van der Waals surface area contributed by atoms with Crippen molar-refractivity contribution in [3.63, 3.8) is 0 Å². The summed E-state index contributed by atoms with van der Waals surface area (Å²) in [7, 11) is 1.85. The van der Waals surface area contributed by atoms with E-state index in [2.05, 4.69) is 15.4 Å². The lowest BCUT2D eigenvalue weighted by Crippen LogP contribution is -2.26. The van der Waals surface area contributed by atoms with Crippen LogP contribution in [0, 0.1) is 5.41 Å². The summed E-state index contributed by atoms with van der Waals surface area (Å²) in [5.41, 5.74) is 5.57. The number of aromatic nitrogens is 3. The topological polar surface area (TPSA) is 69.0 Å². The summed E-state index contributed by atoms with van der Waals surface area (Å²) in [6, 6.07) is 12.0. The quantitative estimate of drug-likeness (QED) is 0.746. The van der Waals surface area contributed by atoms with Gasteiger partial charge < -0.3 is 9.40 Å². The molecule has 0 atom stereocenters. The molecule has 0 aliphatic carbocycles. The molecule has 0 amide bonds. The van der Waals surface area contributed by atoms with E-state index in [1.165, 1.54) is 0 Å². The molecular formula is C18H20N4O2. The van der Waals surface area contributed by atoms with E-state index in [0.717, 1.165) is 16.6 Å². The molecule has 124 valence electrons. The number of benzene rings is 1. The predicted molar refractivity (Wildman–Crippen MR) is 93.1 cm³/mol. The number of hydrogen-bond donors (Lipinski definition) is 1. The summed E-state index contributed by atoms with van der Waals surface area (Å²) in [5, 5.41) is 0. The number of pyridine rings is 1. The molecule has 0 unspecified atom stereocenters. The molecule has 0 radical (unpaired) electrons. The van der Waals surface area contributed by atoms with Crippen LogP contribution in [0.3, 0.4) is 0 Å². The third-order valence-electron chi connectivity index (χ3n) is 3.69. The standard InChI is InChI=1S/C18H20N4O2/c1-18(2,3)16(23)24-21-17-20-15-14(22(17)4)10-13(11-19-15)12-8-6-5-7-9-12/h5-11H,1-4H3,(H,19,20,21). The lowest BCUT2D eigenvalue weighted by atomic mass is 9.98. The Morgan fingerprint density at radius 1 is 1.17 bits per heavy atom. The van der Waals surface area contributed by atoms with Crippen LogP contribution in [0.25, 0.3) is 22.3 Å². The molecule has 0 saturated carbocycles. The number of hydrogen-bond acceptors (Lipinski definition) is 5. The van der Waals surface area contributed by atoms with Crippen molar-refractivity contribution in [3.05, 3.63) is 42.6 Å². The van der Waals surface area contributed by atoms with Gasteiger partial charge in [-0.05, 0) is 32.4 Å². The molecule has 3 aromatic rings. The molecule has 6 nitrogen and oxygen atoms in total. The highest BCUT2D eigenvalue weighted by Crippen LogP contribution is 2.24. The Morgan fingerprint density at radius 3 is 2.54 bits per heavy atom. The molecule has 0 saturated heterocycles. The number of nitrogens with zero attached hydrogens (tertiary/aromatic N) is 3. The Balaban J connectivity index is 1.89. The molecule has 0 bridgehead atoms. The van der Waals surface area contributed by atoms with Crippen molar-refractivity contribution in [2.45, 2.75) is 20.8 Å². The van der Waals surface area contributed by atoms with E-state index in [9.17, 15) is 4.79 Å². The van der Waals surface area contributed by atoms with Gasteiger partial charge in [0.15, 0.2) is 5.65 Å². The first-order chi connectivity index (χ1) is 11.4. The fraction of sp³-hybridized carbons (Fsp3) is 0.278. The van der Waals surface area contributed by atoms with Crippen LogP contribution in [0.5, 0.6) is 0 Å². The number of fused-ring (bicyclic) bond motifs is 1. The summed E-state index contributed by atoms with van der Waals surface area (Å²) >= 11 is 0. The third-order valence-corrected chi connectivity index (χ3v) is 3.69. The van der Waals surface area contributed by atoms with Gasteiger partial charge in [-0.25, -0.2) is 9.78 Å². The van der Waals surface area contributed by atoms with E-state index < -0.39 is 5.41 Å². The van der Waals surface area contributed by atoms with E-state index >= 15 is 0 Å². The Bertz CT molecular complexity index is 879. The van der Waals surface area contributed by atoms with Crippen molar-refractivity contribution >= 4 is 23.1 Å². The average molecular weight is 324 g/mol. The minimum atomic E-state index is -0.587. The van der Waals surface area contributed by atoms with Gasteiger partial charge in [-0.1, -0.05) is 30.3 Å². The lowest BCUT2D eigenvalue weighted by molar-refractivity contribution is -0.149. The largest absolute Gasteiger partial charge is 0.340 e. The molecule has 1 N–H and O–H groups in total. The first-order valence-electron chi connectivity index (χ1n) is 7.71. The van der Waals surface area contributed by atoms with E-state index in [1.54, 1.807) is 27.0 Å². The highest BCUT2D eigenvalue weighted by atomic mass is 16.7. The van der Waals surface area contributed by atoms with Crippen molar-refractivity contribution in [3.8, 4) is 11.1 Å². The Labute approximate surface area is 140 Å². The Hall–Kier alpha value is -2.89. The van der Waals surface area contributed by atoms with Gasteiger partial charge in [-0.3, -0.25) is 0 Å². The second-order valence-electron chi connectivity index (χ2n) is 6.67. The van der Waals surface area contributed by atoms with Gasteiger partial charge in [0.2, 0.25) is 5.95 Å². The molecular weight excluding hydrogens is 304 g/mol. The maximum Gasteiger partial charge on any atom is 0.337 e. The summed E-state index contributed by atoms with van der Waals surface area (Å²) in [5.74, 6) is 0.0767. The number of carbonyl (C=O) groups excluding carboxylic acids is 1. The van der Waals surface area contributed by atoms with Crippen LogP contribution < -0.4 is 5.48 Å². The van der Waals surface area contributed by atoms with Crippen LogP contribution in [0.4, 0.5) is 5.95 Å². The monoisotopic (exact) mass is 324 g/mol. The number of carbonyl (C=O) groups is 1. The molecule has 2 aromatic heterocycles. The van der Waals surface area contributed by atoms with Crippen molar-refractivity contribution in [2.24, 2.45) is 12.5 Å². The van der Waals surface area contributed by atoms with E-state index in [4.69, 9.17) is 4.84 Å². The summed E-state index contributed by atoms with van der Waals surface area (Å²) in [6.07, 6.45) is 1.79. The number of anilines is 1. The van der Waals surface area contributed by atoms with Crippen molar-refractivity contribution in [1.82, 2.24) is 14.5 Å². The number of rotatable bonds is 3. The molecule has 0 fully saturated rings. The minimum Gasteiger partial charge on any atom is -0.340 e. The second-order valence-corrected chi connectivity index (χ2v) is 6.67. The summed E-state index contributed by atoms with van der Waals surface area (Å²) < 4.78 is 1.81.